The van der Waals surface area contributed by atoms with E-state index < -0.39 is 11.9 Å². The average Bonchev–Trinajstić information content (AvgIpc) is 2.62. The van der Waals surface area contributed by atoms with E-state index in [-0.39, 0.29) is 5.91 Å². The lowest BCUT2D eigenvalue weighted by Gasteiger charge is -2.13. The second-order valence-corrected chi connectivity index (χ2v) is 4.00. The SMILES string of the molecule is CN1C(=O)Cc2cc(C(N)C(=O)NN)ccc21. The fourth-order valence-corrected chi connectivity index (χ4v) is 1.92. The van der Waals surface area contributed by atoms with Gasteiger partial charge in [-0.25, -0.2) is 5.84 Å². The number of likely N-dealkylation sites (N-methyl/N-ethyl adjacent to an activating group) is 1. The number of fused-ring (bicyclic) bond motifs is 1. The van der Waals surface area contributed by atoms with Crippen LogP contribution in [-0.2, 0) is 16.0 Å². The molecule has 1 aromatic carbocycles. The average molecular weight is 234 g/mol. The van der Waals surface area contributed by atoms with E-state index in [1.54, 1.807) is 30.1 Å². The number of amides is 2. The molecule has 2 amide bonds. The summed E-state index contributed by atoms with van der Waals surface area (Å²) in [4.78, 5) is 24.4. The van der Waals surface area contributed by atoms with Crippen molar-refractivity contribution < 1.29 is 9.59 Å². The van der Waals surface area contributed by atoms with E-state index in [0.717, 1.165) is 11.3 Å². The van der Waals surface area contributed by atoms with Crippen molar-refractivity contribution in [3.8, 4) is 0 Å². The Morgan fingerprint density at radius 1 is 1.53 bits per heavy atom. The normalized spacial score (nSPS) is 15.7. The van der Waals surface area contributed by atoms with Gasteiger partial charge in [-0.2, -0.15) is 0 Å². The second kappa shape index (κ2) is 4.15. The van der Waals surface area contributed by atoms with Crippen molar-refractivity contribution in [2.24, 2.45) is 11.6 Å². The molecule has 0 saturated heterocycles. The zero-order valence-corrected chi connectivity index (χ0v) is 9.43. The molecule has 1 atom stereocenters. The van der Waals surface area contributed by atoms with Gasteiger partial charge in [0.05, 0.1) is 6.42 Å². The first-order valence-electron chi connectivity index (χ1n) is 5.20. The Kier molecular flexibility index (Phi) is 2.83. The van der Waals surface area contributed by atoms with Gasteiger partial charge in [-0.15, -0.1) is 0 Å². The number of nitrogens with zero attached hydrogens (tertiary/aromatic N) is 1. The van der Waals surface area contributed by atoms with Crippen molar-refractivity contribution in [2.45, 2.75) is 12.5 Å². The number of carbonyl (C=O) groups excluding carboxylic acids is 2. The maximum absolute atomic E-state index is 11.5. The minimum atomic E-state index is -0.814. The predicted octanol–water partition coefficient (Wildman–Crippen LogP) is -0.805. The Balaban J connectivity index is 2.33. The number of nitrogens with one attached hydrogen (secondary N) is 1. The van der Waals surface area contributed by atoms with Crippen LogP contribution in [0.5, 0.6) is 0 Å². The van der Waals surface area contributed by atoms with Gasteiger partial charge >= 0.3 is 0 Å². The highest BCUT2D eigenvalue weighted by atomic mass is 16.2. The fraction of sp³-hybridized carbons (Fsp3) is 0.273. The number of hydrogen-bond acceptors (Lipinski definition) is 4. The summed E-state index contributed by atoms with van der Waals surface area (Å²) < 4.78 is 0. The number of nitrogens with two attached hydrogens (primary N) is 2. The van der Waals surface area contributed by atoms with Crippen LogP contribution in [0.4, 0.5) is 5.69 Å². The smallest absolute Gasteiger partial charge is 0.255 e. The number of rotatable bonds is 2. The molecule has 6 nitrogen and oxygen atoms in total. The van der Waals surface area contributed by atoms with Crippen LogP contribution in [0.1, 0.15) is 17.2 Å². The highest BCUT2D eigenvalue weighted by Gasteiger charge is 2.25. The minimum Gasteiger partial charge on any atom is -0.316 e. The molecule has 1 aliphatic rings. The van der Waals surface area contributed by atoms with E-state index in [1.807, 2.05) is 5.43 Å². The molecule has 17 heavy (non-hydrogen) atoms. The number of hydrogen-bond donors (Lipinski definition) is 3. The van der Waals surface area contributed by atoms with Crippen LogP contribution in [-0.4, -0.2) is 18.9 Å². The van der Waals surface area contributed by atoms with Gasteiger partial charge in [-0.05, 0) is 17.2 Å². The van der Waals surface area contributed by atoms with Gasteiger partial charge in [0, 0.05) is 12.7 Å². The number of carbonyl (C=O) groups is 2. The largest absolute Gasteiger partial charge is 0.316 e. The van der Waals surface area contributed by atoms with Gasteiger partial charge in [-0.1, -0.05) is 12.1 Å². The minimum absolute atomic E-state index is 0.0361. The summed E-state index contributed by atoms with van der Waals surface area (Å²) in [7, 11) is 1.72. The topological polar surface area (TPSA) is 101 Å². The van der Waals surface area contributed by atoms with Crippen LogP contribution in [0.3, 0.4) is 0 Å². The highest BCUT2D eigenvalue weighted by Crippen LogP contribution is 2.29. The standard InChI is InChI=1S/C11H14N4O2/c1-15-8-3-2-6(10(12)11(17)14-13)4-7(8)5-9(15)16/h2-4,10H,5,12-13H2,1H3,(H,14,17). The Morgan fingerprint density at radius 3 is 2.88 bits per heavy atom. The highest BCUT2D eigenvalue weighted by molar-refractivity contribution is 6.01. The summed E-state index contributed by atoms with van der Waals surface area (Å²) in [6, 6.07) is 4.48. The number of benzene rings is 1. The second-order valence-electron chi connectivity index (χ2n) is 4.00. The van der Waals surface area contributed by atoms with Crippen molar-refractivity contribution in [2.75, 3.05) is 11.9 Å². The third-order valence-electron chi connectivity index (χ3n) is 2.96. The van der Waals surface area contributed by atoms with Gasteiger partial charge < -0.3 is 10.6 Å². The van der Waals surface area contributed by atoms with Crippen LogP contribution in [0.25, 0.3) is 0 Å². The van der Waals surface area contributed by atoms with E-state index in [1.165, 1.54) is 0 Å². The van der Waals surface area contributed by atoms with Gasteiger partial charge in [0.1, 0.15) is 6.04 Å². The van der Waals surface area contributed by atoms with Crippen molar-refractivity contribution in [3.63, 3.8) is 0 Å². The molecular formula is C11H14N4O2. The Bertz CT molecular complexity index is 486. The molecule has 0 aromatic heterocycles. The summed E-state index contributed by atoms with van der Waals surface area (Å²) in [5.41, 5.74) is 10.1. The Morgan fingerprint density at radius 2 is 2.24 bits per heavy atom. The lowest BCUT2D eigenvalue weighted by atomic mass is 10.0. The molecular weight excluding hydrogens is 220 g/mol. The van der Waals surface area contributed by atoms with E-state index in [0.29, 0.717) is 12.0 Å². The van der Waals surface area contributed by atoms with Crippen molar-refractivity contribution in [3.05, 3.63) is 29.3 Å². The fourth-order valence-electron chi connectivity index (χ4n) is 1.92. The van der Waals surface area contributed by atoms with Gasteiger partial charge in [0.15, 0.2) is 0 Å². The van der Waals surface area contributed by atoms with Gasteiger partial charge in [-0.3, -0.25) is 15.0 Å². The van der Waals surface area contributed by atoms with Crippen molar-refractivity contribution in [1.29, 1.82) is 0 Å². The number of anilines is 1. The lowest BCUT2D eigenvalue weighted by molar-refractivity contribution is -0.122. The molecule has 90 valence electrons. The predicted molar refractivity (Wildman–Crippen MR) is 62.8 cm³/mol. The van der Waals surface area contributed by atoms with E-state index in [4.69, 9.17) is 11.6 Å². The molecule has 0 aliphatic carbocycles. The molecule has 0 radical (unpaired) electrons. The van der Waals surface area contributed by atoms with Gasteiger partial charge in [0.2, 0.25) is 5.91 Å². The molecule has 5 N–H and O–H groups in total. The number of hydrazine groups is 1. The summed E-state index contributed by atoms with van der Waals surface area (Å²) in [5, 5.41) is 0. The molecule has 1 aliphatic heterocycles. The molecule has 0 spiro atoms. The maximum Gasteiger partial charge on any atom is 0.255 e. The molecule has 6 heteroatoms. The monoisotopic (exact) mass is 234 g/mol. The summed E-state index contributed by atoms with van der Waals surface area (Å²) in [6.07, 6.45) is 0.344. The van der Waals surface area contributed by atoms with E-state index >= 15 is 0 Å². The van der Waals surface area contributed by atoms with Crippen LogP contribution in [0.15, 0.2) is 18.2 Å². The third-order valence-corrected chi connectivity index (χ3v) is 2.96. The molecule has 1 unspecified atom stereocenters. The molecule has 0 bridgehead atoms. The maximum atomic E-state index is 11.5. The van der Waals surface area contributed by atoms with Crippen LogP contribution in [0, 0.1) is 0 Å². The zero-order valence-electron chi connectivity index (χ0n) is 9.43. The first-order valence-corrected chi connectivity index (χ1v) is 5.20. The van der Waals surface area contributed by atoms with E-state index in [9.17, 15) is 9.59 Å². The summed E-state index contributed by atoms with van der Waals surface area (Å²) in [6.45, 7) is 0. The molecule has 2 rings (SSSR count). The molecule has 1 aromatic rings. The molecule has 0 fully saturated rings. The summed E-state index contributed by atoms with van der Waals surface area (Å²) >= 11 is 0. The molecule has 1 heterocycles. The molecule has 0 saturated carbocycles. The van der Waals surface area contributed by atoms with Crippen molar-refractivity contribution in [1.82, 2.24) is 5.43 Å². The first-order chi connectivity index (χ1) is 8.04. The van der Waals surface area contributed by atoms with Crippen LogP contribution < -0.4 is 21.9 Å². The Hall–Kier alpha value is -1.92. The first kappa shape index (κ1) is 11.6. The van der Waals surface area contributed by atoms with Crippen LogP contribution in [0.2, 0.25) is 0 Å². The van der Waals surface area contributed by atoms with Crippen molar-refractivity contribution >= 4 is 17.5 Å². The lowest BCUT2D eigenvalue weighted by Crippen LogP contribution is -2.38. The van der Waals surface area contributed by atoms with Crippen LogP contribution >= 0.6 is 0 Å². The quantitative estimate of drug-likeness (QED) is 0.354. The Labute approximate surface area is 98.5 Å². The zero-order chi connectivity index (χ0) is 12.6. The van der Waals surface area contributed by atoms with E-state index in [2.05, 4.69) is 0 Å². The van der Waals surface area contributed by atoms with Gasteiger partial charge in [0.25, 0.3) is 5.91 Å². The summed E-state index contributed by atoms with van der Waals surface area (Å²) in [5.74, 6) is 4.61. The third kappa shape index (κ3) is 1.88.